The van der Waals surface area contributed by atoms with E-state index in [1.165, 1.54) is 37.0 Å². The molecule has 6 heteroatoms. The van der Waals surface area contributed by atoms with E-state index < -0.39 is 10.0 Å². The number of rotatable bonds is 3. The van der Waals surface area contributed by atoms with E-state index in [4.69, 9.17) is 11.6 Å². The molecule has 1 saturated carbocycles. The molecule has 1 spiro atoms. The molecule has 0 bridgehead atoms. The molecule has 3 nitrogen and oxygen atoms in total. The molecule has 0 atom stereocenters. The second-order valence-electron chi connectivity index (χ2n) is 6.38. The monoisotopic (exact) mass is 347 g/mol. The highest BCUT2D eigenvalue weighted by Crippen LogP contribution is 2.47. The van der Waals surface area contributed by atoms with Gasteiger partial charge in [0.1, 0.15) is 0 Å². The largest absolute Gasteiger partial charge is 0.244 e. The molecular weight excluding hydrogens is 326 g/mol. The maximum absolute atomic E-state index is 12.8. The third kappa shape index (κ3) is 2.90. The van der Waals surface area contributed by atoms with Crippen molar-refractivity contribution in [3.63, 3.8) is 0 Å². The van der Waals surface area contributed by atoms with E-state index in [-0.39, 0.29) is 0 Å². The summed E-state index contributed by atoms with van der Waals surface area (Å²) in [6, 6.07) is 1.75. The molecule has 2 aliphatic rings. The van der Waals surface area contributed by atoms with E-state index in [9.17, 15) is 8.42 Å². The Morgan fingerprint density at radius 2 is 1.86 bits per heavy atom. The lowest BCUT2D eigenvalue weighted by atomic mass is 9.78. The maximum Gasteiger partial charge on any atom is 0.244 e. The minimum Gasteiger partial charge on any atom is -0.207 e. The number of sulfonamides is 1. The van der Waals surface area contributed by atoms with Gasteiger partial charge in [-0.2, -0.15) is 4.31 Å². The van der Waals surface area contributed by atoms with Crippen LogP contribution in [0.15, 0.2) is 11.0 Å². The molecule has 118 valence electrons. The number of hydrogen-bond acceptors (Lipinski definition) is 3. The lowest BCUT2D eigenvalue weighted by molar-refractivity contribution is 0.160. The molecule has 0 unspecified atom stereocenters. The summed E-state index contributed by atoms with van der Waals surface area (Å²) in [5.74, 6) is 0.379. The van der Waals surface area contributed by atoms with Crippen LogP contribution in [-0.4, -0.2) is 25.8 Å². The minimum absolute atomic E-state index is 0.379. The molecular formula is C15H22ClNO2S2. The van der Waals surface area contributed by atoms with Gasteiger partial charge in [-0.05, 0) is 44.1 Å². The summed E-state index contributed by atoms with van der Waals surface area (Å²) in [6.07, 6.45) is 7.25. The average Bonchev–Trinajstić information content (AvgIpc) is 3.07. The molecule has 0 amide bonds. The normalized spacial score (nSPS) is 23.0. The number of piperidine rings is 1. The van der Waals surface area contributed by atoms with E-state index in [1.54, 1.807) is 10.4 Å². The van der Waals surface area contributed by atoms with Crippen molar-refractivity contribution in [1.29, 1.82) is 0 Å². The first-order valence-corrected chi connectivity index (χ1v) is 10.4. The first kappa shape index (κ1) is 15.8. The predicted octanol–water partition coefficient (Wildman–Crippen LogP) is 4.14. The SMILES string of the molecule is Cc1sc(CCl)cc1S(=O)(=O)N1CCC2(CCCC2)CC1. The molecule has 2 fully saturated rings. The quantitative estimate of drug-likeness (QED) is 0.770. The molecule has 3 rings (SSSR count). The Bertz CT molecular complexity index is 608. The summed E-state index contributed by atoms with van der Waals surface area (Å²) in [6.45, 7) is 3.22. The van der Waals surface area contributed by atoms with Crippen molar-refractivity contribution in [3.05, 3.63) is 15.8 Å². The molecule has 0 aromatic carbocycles. The third-order valence-corrected chi connectivity index (χ3v) is 8.77. The van der Waals surface area contributed by atoms with Gasteiger partial charge in [-0.1, -0.05) is 12.8 Å². The Morgan fingerprint density at radius 1 is 1.24 bits per heavy atom. The number of nitrogens with zero attached hydrogens (tertiary/aromatic N) is 1. The topological polar surface area (TPSA) is 37.4 Å². The van der Waals surface area contributed by atoms with E-state index in [2.05, 4.69) is 0 Å². The fraction of sp³-hybridized carbons (Fsp3) is 0.733. The molecule has 21 heavy (non-hydrogen) atoms. The lowest BCUT2D eigenvalue weighted by Gasteiger charge is -2.38. The summed E-state index contributed by atoms with van der Waals surface area (Å²) < 4.78 is 27.3. The van der Waals surface area contributed by atoms with Gasteiger partial charge < -0.3 is 0 Å². The van der Waals surface area contributed by atoms with Gasteiger partial charge in [-0.25, -0.2) is 8.42 Å². The van der Waals surface area contributed by atoms with Crippen LogP contribution in [0.1, 0.15) is 48.3 Å². The molecule has 1 saturated heterocycles. The number of thiophene rings is 1. The average molecular weight is 348 g/mol. The Balaban J connectivity index is 1.78. The van der Waals surface area contributed by atoms with Crippen LogP contribution in [0.25, 0.3) is 0 Å². The van der Waals surface area contributed by atoms with Crippen LogP contribution in [0, 0.1) is 12.3 Å². The first-order valence-electron chi connectivity index (χ1n) is 7.62. The van der Waals surface area contributed by atoms with Gasteiger partial charge in [0.2, 0.25) is 10.0 Å². The standard InChI is InChI=1S/C15H22ClNO2S2/c1-12-14(10-13(11-16)20-12)21(18,19)17-8-6-15(7-9-17)4-2-3-5-15/h10H,2-9,11H2,1H3. The van der Waals surface area contributed by atoms with Crippen LogP contribution in [0.4, 0.5) is 0 Å². The number of halogens is 1. The Labute approximate surface area is 136 Å². The molecule has 0 radical (unpaired) electrons. The van der Waals surface area contributed by atoms with Crippen molar-refractivity contribution < 1.29 is 8.42 Å². The van der Waals surface area contributed by atoms with E-state index >= 15 is 0 Å². The second kappa shape index (κ2) is 5.84. The molecule has 1 aromatic rings. The van der Waals surface area contributed by atoms with Gasteiger partial charge in [-0.15, -0.1) is 22.9 Å². The predicted molar refractivity (Wildman–Crippen MR) is 87.5 cm³/mol. The molecule has 2 heterocycles. The van der Waals surface area contributed by atoms with Crippen molar-refractivity contribution in [1.82, 2.24) is 4.31 Å². The van der Waals surface area contributed by atoms with Gasteiger partial charge in [-0.3, -0.25) is 0 Å². The Hall–Kier alpha value is -0.100. The summed E-state index contributed by atoms with van der Waals surface area (Å²) >= 11 is 7.32. The van der Waals surface area contributed by atoms with Crippen LogP contribution in [0.5, 0.6) is 0 Å². The van der Waals surface area contributed by atoms with E-state index in [0.717, 1.165) is 22.6 Å². The molecule has 1 aliphatic heterocycles. The highest BCUT2D eigenvalue weighted by molar-refractivity contribution is 7.89. The van der Waals surface area contributed by atoms with Crippen molar-refractivity contribution in [2.24, 2.45) is 5.41 Å². The third-order valence-electron chi connectivity index (χ3n) is 5.12. The fourth-order valence-corrected chi connectivity index (χ4v) is 6.95. The highest BCUT2D eigenvalue weighted by Gasteiger charge is 2.40. The van der Waals surface area contributed by atoms with Crippen molar-refractivity contribution in [2.45, 2.75) is 56.2 Å². The van der Waals surface area contributed by atoms with Gasteiger partial charge in [0.15, 0.2) is 0 Å². The van der Waals surface area contributed by atoms with E-state index in [1.807, 2.05) is 6.92 Å². The van der Waals surface area contributed by atoms with Crippen LogP contribution >= 0.6 is 22.9 Å². The minimum atomic E-state index is -3.34. The van der Waals surface area contributed by atoms with Gasteiger partial charge in [0, 0.05) is 22.8 Å². The zero-order valence-electron chi connectivity index (χ0n) is 12.4. The summed E-state index contributed by atoms with van der Waals surface area (Å²) in [5.41, 5.74) is 0.441. The fourth-order valence-electron chi connectivity index (χ4n) is 3.81. The van der Waals surface area contributed by atoms with Gasteiger partial charge in [0.05, 0.1) is 10.8 Å². The van der Waals surface area contributed by atoms with Crippen molar-refractivity contribution in [2.75, 3.05) is 13.1 Å². The van der Waals surface area contributed by atoms with Crippen LogP contribution in [0.2, 0.25) is 0 Å². The Morgan fingerprint density at radius 3 is 2.38 bits per heavy atom. The number of hydrogen-bond donors (Lipinski definition) is 0. The Kier molecular flexibility index (Phi) is 4.39. The van der Waals surface area contributed by atoms with Crippen LogP contribution in [0.3, 0.4) is 0 Å². The zero-order valence-corrected chi connectivity index (χ0v) is 14.8. The maximum atomic E-state index is 12.8. The lowest BCUT2D eigenvalue weighted by Crippen LogP contribution is -2.42. The van der Waals surface area contributed by atoms with Gasteiger partial charge in [0.25, 0.3) is 0 Å². The van der Waals surface area contributed by atoms with Crippen molar-refractivity contribution in [3.8, 4) is 0 Å². The molecule has 1 aliphatic carbocycles. The number of aryl methyl sites for hydroxylation is 1. The summed E-state index contributed by atoms with van der Waals surface area (Å²) in [7, 11) is -3.34. The highest BCUT2D eigenvalue weighted by atomic mass is 35.5. The second-order valence-corrected chi connectivity index (χ2v) is 9.89. The number of alkyl halides is 1. The molecule has 0 N–H and O–H groups in total. The van der Waals surface area contributed by atoms with Gasteiger partial charge >= 0.3 is 0 Å². The van der Waals surface area contributed by atoms with Crippen LogP contribution < -0.4 is 0 Å². The van der Waals surface area contributed by atoms with E-state index in [0.29, 0.717) is 29.3 Å². The summed E-state index contributed by atoms with van der Waals surface area (Å²) in [5, 5.41) is 0. The summed E-state index contributed by atoms with van der Waals surface area (Å²) in [4.78, 5) is 2.24. The smallest absolute Gasteiger partial charge is 0.207 e. The molecule has 1 aromatic heterocycles. The first-order chi connectivity index (χ1) is 9.97. The van der Waals surface area contributed by atoms with Crippen LogP contribution in [-0.2, 0) is 15.9 Å². The van der Waals surface area contributed by atoms with Crippen molar-refractivity contribution >= 4 is 33.0 Å². The zero-order chi connectivity index (χ0) is 15.1.